The number of nitrogens with one attached hydrogen (secondary N) is 1. The number of nitrogens with zero attached hydrogens (tertiary/aromatic N) is 1. The van der Waals surface area contributed by atoms with E-state index in [0.717, 1.165) is 17.8 Å². The molecule has 4 N–H and O–H groups in total. The molecule has 0 atom stereocenters. The van der Waals surface area contributed by atoms with Crippen LogP contribution in [0, 0.1) is 0 Å². The van der Waals surface area contributed by atoms with Crippen LogP contribution in [0.4, 0.5) is 0 Å². The number of hydrogen-bond acceptors (Lipinski definition) is 7. The second-order valence-corrected chi connectivity index (χ2v) is 7.00. The molecule has 0 bridgehead atoms. The van der Waals surface area contributed by atoms with E-state index in [0.29, 0.717) is 10.5 Å². The minimum Gasteiger partial charge on any atom is -0.508 e. The molecular formula is C16H16N2O6S2. The highest BCUT2D eigenvalue weighted by molar-refractivity contribution is 8.26. The molecule has 0 unspecified atom stereocenters. The molecule has 8 nitrogen and oxygen atoms in total. The number of aliphatic carboxylic acids is 1. The fourth-order valence-electron chi connectivity index (χ4n) is 2.10. The van der Waals surface area contributed by atoms with E-state index in [2.05, 4.69) is 5.32 Å². The van der Waals surface area contributed by atoms with Crippen molar-refractivity contribution in [2.75, 3.05) is 13.1 Å². The number of phenolic OH excluding ortho intramolecular Hbond substituents is 2. The van der Waals surface area contributed by atoms with Crippen molar-refractivity contribution in [2.24, 2.45) is 0 Å². The summed E-state index contributed by atoms with van der Waals surface area (Å²) in [6.45, 7) is 0.0923. The van der Waals surface area contributed by atoms with Crippen molar-refractivity contribution in [3.05, 3.63) is 28.7 Å². The summed E-state index contributed by atoms with van der Waals surface area (Å²) in [5, 5.41) is 30.1. The highest BCUT2D eigenvalue weighted by atomic mass is 32.2. The molecule has 2 rings (SSSR count). The summed E-state index contributed by atoms with van der Waals surface area (Å²) in [5.41, 5.74) is 0.356. The molecule has 1 aromatic rings. The Morgan fingerprint density at radius 2 is 2.00 bits per heavy atom. The van der Waals surface area contributed by atoms with Crippen LogP contribution in [-0.4, -0.2) is 55.4 Å². The third-order valence-corrected chi connectivity index (χ3v) is 4.78. The van der Waals surface area contributed by atoms with Gasteiger partial charge in [0.2, 0.25) is 5.91 Å². The average Bonchev–Trinajstić information content (AvgIpc) is 2.81. The Balaban J connectivity index is 1.97. The van der Waals surface area contributed by atoms with Gasteiger partial charge < -0.3 is 20.6 Å². The Kier molecular flexibility index (Phi) is 6.58. The number of carboxylic acids is 1. The minimum absolute atomic E-state index is 0.0101. The molecule has 1 fully saturated rings. The summed E-state index contributed by atoms with van der Waals surface area (Å²) >= 11 is 6.20. The first-order valence-corrected chi connectivity index (χ1v) is 8.76. The van der Waals surface area contributed by atoms with Crippen LogP contribution >= 0.6 is 24.0 Å². The molecule has 1 heterocycles. The quantitative estimate of drug-likeness (QED) is 0.401. The third kappa shape index (κ3) is 5.20. The lowest BCUT2D eigenvalue weighted by atomic mass is 10.1. The van der Waals surface area contributed by atoms with E-state index in [1.807, 2.05) is 0 Å². The van der Waals surface area contributed by atoms with Gasteiger partial charge in [-0.1, -0.05) is 24.0 Å². The molecule has 0 spiro atoms. The fourth-order valence-corrected chi connectivity index (χ4v) is 3.40. The van der Waals surface area contributed by atoms with Crippen LogP contribution in [0.25, 0.3) is 6.08 Å². The maximum Gasteiger partial charge on any atom is 0.305 e. The van der Waals surface area contributed by atoms with Crippen LogP contribution in [0.5, 0.6) is 11.5 Å². The Labute approximate surface area is 158 Å². The molecule has 0 saturated carbocycles. The van der Waals surface area contributed by atoms with E-state index in [4.69, 9.17) is 17.3 Å². The zero-order valence-corrected chi connectivity index (χ0v) is 15.1. The topological polar surface area (TPSA) is 127 Å². The zero-order chi connectivity index (χ0) is 19.3. The summed E-state index contributed by atoms with van der Waals surface area (Å²) in [6, 6.07) is 4.01. The molecule has 1 aliphatic rings. The third-order valence-electron chi connectivity index (χ3n) is 3.40. The van der Waals surface area contributed by atoms with Crippen molar-refractivity contribution in [3.8, 4) is 11.5 Å². The predicted octanol–water partition coefficient (Wildman–Crippen LogP) is 1.28. The molecule has 26 heavy (non-hydrogen) atoms. The SMILES string of the molecule is O=C(O)CCNC(=O)CCN1C(=O)/C(=C/c2ccc(O)cc2O)SC1=S. The normalized spacial score (nSPS) is 15.5. The van der Waals surface area contributed by atoms with E-state index in [-0.39, 0.29) is 53.6 Å². The highest BCUT2D eigenvalue weighted by Gasteiger charge is 2.32. The summed E-state index contributed by atoms with van der Waals surface area (Å²) in [6.07, 6.45) is 1.27. The van der Waals surface area contributed by atoms with Gasteiger partial charge in [-0.05, 0) is 18.2 Å². The van der Waals surface area contributed by atoms with Crippen LogP contribution in [-0.2, 0) is 14.4 Å². The van der Waals surface area contributed by atoms with E-state index in [1.54, 1.807) is 0 Å². The van der Waals surface area contributed by atoms with Gasteiger partial charge in [0.1, 0.15) is 15.8 Å². The van der Waals surface area contributed by atoms with Gasteiger partial charge in [0.15, 0.2) is 0 Å². The van der Waals surface area contributed by atoms with Crippen LogP contribution in [0.2, 0.25) is 0 Å². The second-order valence-electron chi connectivity index (χ2n) is 5.32. The second kappa shape index (κ2) is 8.68. The number of thiocarbonyl (C=S) groups is 1. The van der Waals surface area contributed by atoms with Gasteiger partial charge in [-0.2, -0.15) is 0 Å². The molecule has 2 amide bonds. The first-order chi connectivity index (χ1) is 12.3. The number of rotatable bonds is 7. The molecule has 0 aliphatic carbocycles. The molecule has 1 aromatic carbocycles. The van der Waals surface area contributed by atoms with E-state index < -0.39 is 5.97 Å². The average molecular weight is 396 g/mol. The van der Waals surface area contributed by atoms with Gasteiger partial charge in [0.05, 0.1) is 11.3 Å². The molecule has 10 heteroatoms. The molecular weight excluding hydrogens is 380 g/mol. The maximum atomic E-state index is 12.4. The number of amides is 2. The number of carboxylic acid groups (broad SMARTS) is 1. The van der Waals surface area contributed by atoms with E-state index >= 15 is 0 Å². The van der Waals surface area contributed by atoms with Gasteiger partial charge in [-0.3, -0.25) is 19.3 Å². The van der Waals surface area contributed by atoms with E-state index in [1.165, 1.54) is 23.1 Å². The minimum atomic E-state index is -1.01. The largest absolute Gasteiger partial charge is 0.508 e. The van der Waals surface area contributed by atoms with Crippen LogP contribution in [0.15, 0.2) is 23.1 Å². The number of benzene rings is 1. The summed E-state index contributed by atoms with van der Waals surface area (Å²) in [5.74, 6) is -2.04. The number of hydrogen-bond donors (Lipinski definition) is 4. The Hall–Kier alpha value is -2.59. The van der Waals surface area contributed by atoms with Crippen molar-refractivity contribution >= 4 is 52.2 Å². The lowest BCUT2D eigenvalue weighted by molar-refractivity contribution is -0.137. The van der Waals surface area contributed by atoms with Crippen molar-refractivity contribution < 1.29 is 29.7 Å². The molecule has 1 aliphatic heterocycles. The Morgan fingerprint density at radius 1 is 1.27 bits per heavy atom. The Bertz CT molecular complexity index is 793. The van der Waals surface area contributed by atoms with Crippen molar-refractivity contribution in [3.63, 3.8) is 0 Å². The monoisotopic (exact) mass is 396 g/mol. The first-order valence-electron chi connectivity index (χ1n) is 7.54. The summed E-state index contributed by atoms with van der Waals surface area (Å²) in [7, 11) is 0. The summed E-state index contributed by atoms with van der Waals surface area (Å²) in [4.78, 5) is 36.1. The van der Waals surface area contributed by atoms with Crippen molar-refractivity contribution in [1.82, 2.24) is 10.2 Å². The van der Waals surface area contributed by atoms with Gasteiger partial charge in [-0.15, -0.1) is 0 Å². The lowest BCUT2D eigenvalue weighted by Crippen LogP contribution is -2.34. The predicted molar refractivity (Wildman–Crippen MR) is 99.5 cm³/mol. The van der Waals surface area contributed by atoms with Crippen LogP contribution in [0.1, 0.15) is 18.4 Å². The first kappa shape index (κ1) is 19.7. The van der Waals surface area contributed by atoms with E-state index in [9.17, 15) is 24.6 Å². The van der Waals surface area contributed by atoms with Crippen LogP contribution in [0.3, 0.4) is 0 Å². The van der Waals surface area contributed by atoms with Gasteiger partial charge in [-0.25, -0.2) is 0 Å². The van der Waals surface area contributed by atoms with Crippen molar-refractivity contribution in [2.45, 2.75) is 12.8 Å². The number of carbonyl (C=O) groups excluding carboxylic acids is 2. The summed E-state index contributed by atoms with van der Waals surface area (Å²) < 4.78 is 0.290. The van der Waals surface area contributed by atoms with Gasteiger partial charge >= 0.3 is 5.97 Å². The van der Waals surface area contributed by atoms with Gasteiger partial charge in [0, 0.05) is 31.1 Å². The Morgan fingerprint density at radius 3 is 2.65 bits per heavy atom. The highest BCUT2D eigenvalue weighted by Crippen LogP contribution is 2.34. The van der Waals surface area contributed by atoms with Crippen LogP contribution < -0.4 is 5.32 Å². The number of phenols is 2. The van der Waals surface area contributed by atoms with Gasteiger partial charge in [0.25, 0.3) is 5.91 Å². The number of thioether (sulfide) groups is 1. The maximum absolute atomic E-state index is 12.4. The smallest absolute Gasteiger partial charge is 0.305 e. The molecule has 0 radical (unpaired) electrons. The zero-order valence-electron chi connectivity index (χ0n) is 13.5. The fraction of sp³-hybridized carbons (Fsp3) is 0.250. The standard InChI is InChI=1S/C16H16N2O6S2/c19-10-2-1-9(11(20)8-10)7-12-15(24)18(16(25)26-12)6-4-13(21)17-5-3-14(22)23/h1-2,7-8,19-20H,3-6H2,(H,17,21)(H,22,23)/b12-7-. The number of aromatic hydroxyl groups is 2. The molecule has 0 aromatic heterocycles. The molecule has 1 saturated heterocycles. The van der Waals surface area contributed by atoms with Crippen molar-refractivity contribution in [1.29, 1.82) is 0 Å². The molecule has 138 valence electrons. The lowest BCUT2D eigenvalue weighted by Gasteiger charge is -2.13. The number of carbonyl (C=O) groups is 3.